The normalized spacial score (nSPS) is 14.1. The van der Waals surface area contributed by atoms with Crippen molar-refractivity contribution >= 4 is 41.4 Å². The van der Waals surface area contributed by atoms with Gasteiger partial charge in [0.05, 0.1) is 6.54 Å². The van der Waals surface area contributed by atoms with Crippen LogP contribution in [0.4, 0.5) is 11.5 Å². The Morgan fingerprint density at radius 1 is 1.07 bits per heavy atom. The molecule has 0 saturated carbocycles. The molecule has 2 heterocycles. The van der Waals surface area contributed by atoms with Crippen molar-refractivity contribution in [3.63, 3.8) is 0 Å². The number of benzene rings is 1. The van der Waals surface area contributed by atoms with Crippen molar-refractivity contribution in [2.75, 3.05) is 23.3 Å². The fraction of sp³-hybridized carbons (Fsp3) is 0.455. The summed E-state index contributed by atoms with van der Waals surface area (Å²) >= 11 is 0. The van der Waals surface area contributed by atoms with Gasteiger partial charge in [-0.1, -0.05) is 38.1 Å². The van der Waals surface area contributed by atoms with E-state index >= 15 is 0 Å². The van der Waals surface area contributed by atoms with E-state index in [4.69, 9.17) is 10.7 Å². The highest BCUT2D eigenvalue weighted by atomic mass is 127. The molecule has 1 saturated heterocycles. The molecule has 3 rings (SSSR count). The molecule has 0 aliphatic carbocycles. The Balaban J connectivity index is 0.00000280. The Kier molecular flexibility index (Phi) is 8.54. The summed E-state index contributed by atoms with van der Waals surface area (Å²) in [5.41, 5.74) is 12.0. The molecule has 5 nitrogen and oxygen atoms in total. The lowest BCUT2D eigenvalue weighted by atomic mass is 10.0. The van der Waals surface area contributed by atoms with Crippen molar-refractivity contribution in [2.45, 2.75) is 53.0 Å². The zero-order chi connectivity index (χ0) is 19.2. The highest BCUT2D eigenvalue weighted by molar-refractivity contribution is 14.0. The molecule has 0 radical (unpaired) electrons. The van der Waals surface area contributed by atoms with E-state index in [1.54, 1.807) is 0 Å². The van der Waals surface area contributed by atoms with Gasteiger partial charge in [0.2, 0.25) is 0 Å². The van der Waals surface area contributed by atoms with E-state index in [1.807, 2.05) is 6.92 Å². The van der Waals surface area contributed by atoms with Gasteiger partial charge in [0.1, 0.15) is 5.82 Å². The molecule has 2 aromatic rings. The van der Waals surface area contributed by atoms with Gasteiger partial charge in [-0.15, -0.1) is 24.0 Å². The Morgan fingerprint density at radius 2 is 1.71 bits per heavy atom. The monoisotopic (exact) mass is 493 g/mol. The van der Waals surface area contributed by atoms with Gasteiger partial charge < -0.3 is 16.0 Å². The highest BCUT2D eigenvalue weighted by Crippen LogP contribution is 2.24. The first kappa shape index (κ1) is 22.5. The number of aliphatic imine (C=N–C) groups is 1. The van der Waals surface area contributed by atoms with Crippen LogP contribution in [0.5, 0.6) is 0 Å². The Hall–Kier alpha value is -1.83. The molecule has 1 aromatic carbocycles. The van der Waals surface area contributed by atoms with E-state index < -0.39 is 0 Å². The van der Waals surface area contributed by atoms with Gasteiger partial charge in [-0.05, 0) is 49.8 Å². The summed E-state index contributed by atoms with van der Waals surface area (Å²) in [5.74, 6) is 1.52. The summed E-state index contributed by atoms with van der Waals surface area (Å²) in [7, 11) is 0. The number of para-hydroxylation sites is 1. The minimum absolute atomic E-state index is 0. The third-order valence-corrected chi connectivity index (χ3v) is 5.17. The number of rotatable bonds is 6. The molecule has 6 heteroatoms. The molecule has 0 atom stereocenters. The van der Waals surface area contributed by atoms with Gasteiger partial charge in [-0.2, -0.15) is 0 Å². The number of nitrogens with one attached hydrogen (secondary N) is 1. The van der Waals surface area contributed by atoms with E-state index in [1.165, 1.54) is 24.0 Å². The second-order valence-corrected chi connectivity index (χ2v) is 7.11. The molecule has 0 bridgehead atoms. The second-order valence-electron chi connectivity index (χ2n) is 7.11. The molecule has 1 aromatic heterocycles. The van der Waals surface area contributed by atoms with E-state index in [-0.39, 0.29) is 24.0 Å². The smallest absolute Gasteiger partial charge is 0.193 e. The number of nitrogens with two attached hydrogens (primary N) is 1. The maximum Gasteiger partial charge on any atom is 0.193 e. The SMILES string of the molecule is CCc1cccc(CC)c1NC(N)=NCc1ccc(C)nc1N1CCCC1.I. The molecule has 28 heavy (non-hydrogen) atoms. The standard InChI is InChI=1S/C22H31N5.HI/c1-4-17-9-8-10-18(5-2)20(17)26-22(23)24-15-19-12-11-16(3)25-21(19)27-13-6-7-14-27;/h8-12H,4-7,13-15H2,1-3H3,(H3,23,24,26);1H. The number of pyridine rings is 1. The molecule has 1 fully saturated rings. The third kappa shape index (κ3) is 5.37. The number of guanidine groups is 1. The maximum atomic E-state index is 6.24. The summed E-state index contributed by atoms with van der Waals surface area (Å²) in [5, 5.41) is 3.35. The van der Waals surface area contributed by atoms with Crippen molar-refractivity contribution in [3.8, 4) is 0 Å². The first-order valence-electron chi connectivity index (χ1n) is 10.0. The van der Waals surface area contributed by atoms with Gasteiger partial charge in [0, 0.05) is 30.0 Å². The highest BCUT2D eigenvalue weighted by Gasteiger charge is 2.17. The van der Waals surface area contributed by atoms with Crippen molar-refractivity contribution in [1.29, 1.82) is 0 Å². The van der Waals surface area contributed by atoms with Gasteiger partial charge in [-0.25, -0.2) is 9.98 Å². The topological polar surface area (TPSA) is 66.5 Å². The molecule has 0 spiro atoms. The van der Waals surface area contributed by atoms with Crippen molar-refractivity contribution in [3.05, 3.63) is 52.7 Å². The fourth-order valence-corrected chi connectivity index (χ4v) is 3.64. The summed E-state index contributed by atoms with van der Waals surface area (Å²) in [6.45, 7) is 9.04. The van der Waals surface area contributed by atoms with E-state index in [9.17, 15) is 0 Å². The summed E-state index contributed by atoms with van der Waals surface area (Å²) in [6, 6.07) is 10.6. The third-order valence-electron chi connectivity index (χ3n) is 5.17. The van der Waals surface area contributed by atoms with E-state index in [0.717, 1.165) is 48.7 Å². The molecule has 152 valence electrons. The van der Waals surface area contributed by atoms with Gasteiger partial charge >= 0.3 is 0 Å². The second kappa shape index (κ2) is 10.6. The Bertz CT molecular complexity index is 790. The molecular weight excluding hydrogens is 461 g/mol. The average molecular weight is 493 g/mol. The van der Waals surface area contributed by atoms with Crippen LogP contribution in [0, 0.1) is 6.92 Å². The lowest BCUT2D eigenvalue weighted by Crippen LogP contribution is -2.25. The molecular formula is C22H32IN5. The predicted molar refractivity (Wildman–Crippen MR) is 130 cm³/mol. The van der Waals surface area contributed by atoms with Crippen LogP contribution in [0.2, 0.25) is 0 Å². The van der Waals surface area contributed by atoms with E-state index in [0.29, 0.717) is 12.5 Å². The van der Waals surface area contributed by atoms with Crippen LogP contribution >= 0.6 is 24.0 Å². The number of nitrogens with zero attached hydrogens (tertiary/aromatic N) is 3. The van der Waals surface area contributed by atoms with Gasteiger partial charge in [0.25, 0.3) is 0 Å². The van der Waals surface area contributed by atoms with Crippen LogP contribution in [0.3, 0.4) is 0 Å². The van der Waals surface area contributed by atoms with Crippen LogP contribution in [-0.4, -0.2) is 24.0 Å². The number of hydrogen-bond acceptors (Lipinski definition) is 3. The molecule has 1 aliphatic heterocycles. The summed E-state index contributed by atoms with van der Waals surface area (Å²) < 4.78 is 0. The predicted octanol–water partition coefficient (Wildman–Crippen LogP) is 4.66. The average Bonchev–Trinajstić information content (AvgIpc) is 3.21. The van der Waals surface area contributed by atoms with Crippen LogP contribution in [0.1, 0.15) is 49.1 Å². The van der Waals surface area contributed by atoms with Crippen molar-refractivity contribution < 1.29 is 0 Å². The zero-order valence-electron chi connectivity index (χ0n) is 17.2. The van der Waals surface area contributed by atoms with Crippen LogP contribution in [0.15, 0.2) is 35.3 Å². The van der Waals surface area contributed by atoms with Gasteiger partial charge in [0.15, 0.2) is 5.96 Å². The largest absolute Gasteiger partial charge is 0.370 e. The van der Waals surface area contributed by atoms with Crippen LogP contribution < -0.4 is 16.0 Å². The number of aromatic nitrogens is 1. The van der Waals surface area contributed by atoms with Crippen LogP contribution in [0.25, 0.3) is 0 Å². The van der Waals surface area contributed by atoms with Crippen molar-refractivity contribution in [1.82, 2.24) is 4.98 Å². The molecule has 0 unspecified atom stereocenters. The number of halogens is 1. The van der Waals surface area contributed by atoms with Crippen molar-refractivity contribution in [2.24, 2.45) is 10.7 Å². The molecule has 3 N–H and O–H groups in total. The van der Waals surface area contributed by atoms with Gasteiger partial charge in [-0.3, -0.25) is 0 Å². The first-order valence-corrected chi connectivity index (χ1v) is 10.0. The summed E-state index contributed by atoms with van der Waals surface area (Å²) in [6.07, 6.45) is 4.39. The Morgan fingerprint density at radius 3 is 2.32 bits per heavy atom. The number of aryl methyl sites for hydroxylation is 3. The quantitative estimate of drug-likeness (QED) is 0.349. The number of anilines is 2. The lowest BCUT2D eigenvalue weighted by Gasteiger charge is -2.20. The molecule has 0 amide bonds. The molecule has 1 aliphatic rings. The first-order chi connectivity index (χ1) is 13.1. The van der Waals surface area contributed by atoms with E-state index in [2.05, 4.69) is 59.4 Å². The Labute approximate surface area is 185 Å². The maximum absolute atomic E-state index is 6.24. The minimum atomic E-state index is 0. The minimum Gasteiger partial charge on any atom is -0.370 e. The van der Waals surface area contributed by atoms with Crippen LogP contribution in [-0.2, 0) is 19.4 Å². The summed E-state index contributed by atoms with van der Waals surface area (Å²) in [4.78, 5) is 11.8. The number of hydrogen-bond donors (Lipinski definition) is 2. The zero-order valence-corrected chi connectivity index (χ0v) is 19.5. The fourth-order valence-electron chi connectivity index (χ4n) is 3.64. The lowest BCUT2D eigenvalue weighted by molar-refractivity contribution is 0.898.